The van der Waals surface area contributed by atoms with E-state index in [0.29, 0.717) is 0 Å². The molecule has 0 aromatic heterocycles. The fraction of sp³-hybridized carbons (Fsp3) is 0.778. The van der Waals surface area contributed by atoms with Gasteiger partial charge in [0.1, 0.15) is 0 Å². The normalized spacial score (nSPS) is 15.1. The molecule has 0 bridgehead atoms. The first kappa shape index (κ1) is 33.3. The van der Waals surface area contributed by atoms with E-state index in [9.17, 15) is 0 Å². The molecule has 0 atom stereocenters. The monoisotopic (exact) mass is 683 g/mol. The summed E-state index contributed by atoms with van der Waals surface area (Å²) in [5, 5.41) is 2.49. The summed E-state index contributed by atoms with van der Waals surface area (Å²) in [7, 11) is -8.22. The molecule has 34 heavy (non-hydrogen) atoms. The van der Waals surface area contributed by atoms with Crippen LogP contribution in [0.1, 0.15) is 32.2 Å². The summed E-state index contributed by atoms with van der Waals surface area (Å²) in [6.07, 6.45) is 0. The second-order valence-electron chi connectivity index (χ2n) is 17.6. The molecule has 0 unspecified atom stereocenters. The standard InChI is InChI=1S/C27H60Si6Te/c1-28(2,3)25(29(4,5)6)21-19-22(26(30(7,8)9)31(10,11)12)24(34)23(20-21)27(32(13,14)15)33(16,17)18/h19-20,25-27,34H,1-18H3/p+1. The van der Waals surface area contributed by atoms with E-state index < -0.39 is 48.4 Å². The van der Waals surface area contributed by atoms with E-state index in [2.05, 4.69) is 130 Å². The summed E-state index contributed by atoms with van der Waals surface area (Å²) in [5.41, 5.74) is 5.41. The van der Waals surface area contributed by atoms with Crippen LogP contribution in [-0.2, 0) is 0 Å². The third-order valence-electron chi connectivity index (χ3n) is 7.37. The maximum atomic E-state index is 2.82. The Bertz CT molecular complexity index is 757. The molecule has 198 valence electrons. The summed E-state index contributed by atoms with van der Waals surface area (Å²) >= 11 is 1.66. The van der Waals surface area contributed by atoms with E-state index >= 15 is 0 Å². The Kier molecular flexibility index (Phi) is 10.3. The van der Waals surface area contributed by atoms with Crippen LogP contribution in [0.25, 0.3) is 0 Å². The van der Waals surface area contributed by atoms with Crippen molar-refractivity contribution in [3.63, 3.8) is 0 Å². The first-order valence-electron chi connectivity index (χ1n) is 13.5. The molecule has 0 spiro atoms. The van der Waals surface area contributed by atoms with Gasteiger partial charge in [0.25, 0.3) is 0 Å². The van der Waals surface area contributed by atoms with Crippen LogP contribution in [0.3, 0.4) is 0 Å². The predicted molar refractivity (Wildman–Crippen MR) is 183 cm³/mol. The van der Waals surface area contributed by atoms with Gasteiger partial charge in [0.2, 0.25) is 0 Å². The van der Waals surface area contributed by atoms with Crippen molar-refractivity contribution in [3.8, 4) is 0 Å². The molecule has 0 N–H and O–H groups in total. The molecule has 0 aliphatic heterocycles. The second kappa shape index (κ2) is 10.5. The van der Waals surface area contributed by atoms with Gasteiger partial charge in [-0.2, -0.15) is 0 Å². The topological polar surface area (TPSA) is 0 Å². The fourth-order valence-corrected chi connectivity index (χ4v) is 49.1. The van der Waals surface area contributed by atoms with Gasteiger partial charge in [-0.1, -0.05) is 0 Å². The summed E-state index contributed by atoms with van der Waals surface area (Å²) in [6, 6.07) is 5.64. The van der Waals surface area contributed by atoms with E-state index in [4.69, 9.17) is 0 Å². The van der Waals surface area contributed by atoms with E-state index in [-0.39, 0.29) is 0 Å². The zero-order valence-electron chi connectivity index (χ0n) is 26.4. The van der Waals surface area contributed by atoms with Crippen molar-refractivity contribution in [2.45, 2.75) is 133 Å². The minimum atomic E-state index is -1.37. The molecule has 0 fully saturated rings. The van der Waals surface area contributed by atoms with Crippen LogP contribution in [0.4, 0.5) is 0 Å². The van der Waals surface area contributed by atoms with Crippen LogP contribution >= 0.6 is 0 Å². The third kappa shape index (κ3) is 8.15. The molecular weight excluding hydrogens is 620 g/mol. The molecule has 0 nitrogen and oxygen atoms in total. The molecule has 0 aliphatic rings. The fourth-order valence-electron chi connectivity index (χ4n) is 8.10. The molecule has 0 radical (unpaired) electrons. The zero-order chi connectivity index (χ0) is 27.5. The first-order valence-corrected chi connectivity index (χ1v) is 36.4. The van der Waals surface area contributed by atoms with E-state index in [0.717, 1.165) is 15.5 Å². The summed E-state index contributed by atoms with van der Waals surface area (Å²) in [4.78, 5) is 0. The summed E-state index contributed by atoms with van der Waals surface area (Å²) < 4.78 is 1.78. The molecule has 0 amide bonds. The van der Waals surface area contributed by atoms with Gasteiger partial charge in [0.05, 0.1) is 0 Å². The molecule has 0 aliphatic carbocycles. The first-order chi connectivity index (χ1) is 14.6. The molecule has 7 heteroatoms. The molecule has 0 saturated heterocycles. The third-order valence-corrected chi connectivity index (χ3v) is 36.9. The number of hydrogen-bond donors (Lipinski definition) is 0. The van der Waals surface area contributed by atoms with Crippen molar-refractivity contribution in [1.29, 1.82) is 0 Å². The van der Waals surface area contributed by atoms with Crippen molar-refractivity contribution < 1.29 is 0 Å². The van der Waals surface area contributed by atoms with Gasteiger partial charge in [-0.3, -0.25) is 0 Å². The van der Waals surface area contributed by atoms with Gasteiger partial charge in [0, 0.05) is 0 Å². The molecule has 1 aromatic rings. The Labute approximate surface area is 234 Å². The van der Waals surface area contributed by atoms with Gasteiger partial charge in [-0.25, -0.2) is 0 Å². The van der Waals surface area contributed by atoms with Gasteiger partial charge in [-0.15, -0.1) is 0 Å². The number of benzene rings is 1. The Hall–Kier alpha value is 1.31. The van der Waals surface area contributed by atoms with Crippen LogP contribution in [-0.4, -0.2) is 70.7 Å². The van der Waals surface area contributed by atoms with Crippen LogP contribution in [0.15, 0.2) is 12.1 Å². The molecule has 0 saturated carbocycles. The van der Waals surface area contributed by atoms with Crippen LogP contribution in [0, 0.1) is 0 Å². The number of rotatable bonds is 9. The van der Waals surface area contributed by atoms with Crippen LogP contribution in [0.2, 0.25) is 118 Å². The van der Waals surface area contributed by atoms with Crippen molar-refractivity contribution in [1.82, 2.24) is 0 Å². The van der Waals surface area contributed by atoms with Crippen LogP contribution < -0.4 is 3.61 Å². The SMILES string of the molecule is C[Si](C)(C)C(c1cc(C([Si](C)(C)C)[Si](C)(C)C)c([TeH2+])c(C([Si](C)(C)C)[Si](C)(C)C)c1)[Si](C)(C)C. The molecule has 1 aromatic carbocycles. The average Bonchev–Trinajstić information content (AvgIpc) is 2.42. The van der Waals surface area contributed by atoms with Crippen molar-refractivity contribution in [3.05, 3.63) is 28.8 Å². The maximum absolute atomic E-state index is 2.82. The average molecular weight is 682 g/mol. The Morgan fingerprint density at radius 3 is 0.794 bits per heavy atom. The number of hydrogen-bond acceptors (Lipinski definition) is 0. The van der Waals surface area contributed by atoms with E-state index in [1.165, 1.54) is 0 Å². The molecule has 1 rings (SSSR count). The van der Waals surface area contributed by atoms with E-state index in [1.807, 2.05) is 11.1 Å². The summed E-state index contributed by atoms with van der Waals surface area (Å²) in [5.74, 6) is 0. The molecular formula is C27H61Si6Te+. The second-order valence-corrected chi connectivity index (χ2v) is 52.6. The van der Waals surface area contributed by atoms with Crippen molar-refractivity contribution >= 4 is 74.3 Å². The van der Waals surface area contributed by atoms with Gasteiger partial charge in [0.15, 0.2) is 0 Å². The predicted octanol–water partition coefficient (Wildman–Crippen LogP) is 8.46. The summed E-state index contributed by atoms with van der Waals surface area (Å²) in [6.45, 7) is 47.7. The minimum absolute atomic E-state index is 0.821. The van der Waals surface area contributed by atoms with Gasteiger partial charge in [-0.05, 0) is 0 Å². The molecule has 0 heterocycles. The van der Waals surface area contributed by atoms with Crippen molar-refractivity contribution in [2.75, 3.05) is 0 Å². The van der Waals surface area contributed by atoms with Crippen molar-refractivity contribution in [2.24, 2.45) is 0 Å². The van der Waals surface area contributed by atoms with Gasteiger partial charge < -0.3 is 0 Å². The Morgan fingerprint density at radius 1 is 0.412 bits per heavy atom. The Balaban J connectivity index is 4.31. The van der Waals surface area contributed by atoms with Crippen LogP contribution in [0.5, 0.6) is 0 Å². The zero-order valence-corrected chi connectivity index (χ0v) is 35.2. The quantitative estimate of drug-likeness (QED) is 0.230. The van der Waals surface area contributed by atoms with Gasteiger partial charge >= 0.3 is 237 Å². The van der Waals surface area contributed by atoms with E-state index in [1.54, 1.807) is 31.5 Å². The Morgan fingerprint density at radius 2 is 0.618 bits per heavy atom.